The van der Waals surface area contributed by atoms with Crippen LogP contribution in [0, 0.1) is 0 Å². The van der Waals surface area contributed by atoms with Crippen molar-refractivity contribution in [1.29, 1.82) is 0 Å². The molecular formula is C12H24N2O. The molecule has 0 amide bonds. The third-order valence-electron chi connectivity index (χ3n) is 3.70. The van der Waals surface area contributed by atoms with Gasteiger partial charge in [0, 0.05) is 19.2 Å². The van der Waals surface area contributed by atoms with Crippen LogP contribution < -0.4 is 5.73 Å². The van der Waals surface area contributed by atoms with E-state index in [2.05, 4.69) is 4.90 Å². The summed E-state index contributed by atoms with van der Waals surface area (Å²) in [7, 11) is 0. The van der Waals surface area contributed by atoms with Crippen molar-refractivity contribution in [3.05, 3.63) is 0 Å². The van der Waals surface area contributed by atoms with E-state index in [-0.39, 0.29) is 0 Å². The van der Waals surface area contributed by atoms with Gasteiger partial charge in [0.2, 0.25) is 0 Å². The van der Waals surface area contributed by atoms with Crippen LogP contribution in [0.3, 0.4) is 0 Å². The Morgan fingerprint density at radius 2 is 2.07 bits per heavy atom. The Balaban J connectivity index is 1.75. The summed E-state index contributed by atoms with van der Waals surface area (Å²) in [5.74, 6) is 0. The van der Waals surface area contributed by atoms with Gasteiger partial charge in [-0.2, -0.15) is 0 Å². The average Bonchev–Trinajstić information content (AvgIpc) is 2.64. The van der Waals surface area contributed by atoms with Crippen molar-refractivity contribution in [2.24, 2.45) is 5.73 Å². The van der Waals surface area contributed by atoms with Gasteiger partial charge in [-0.25, -0.2) is 0 Å². The number of rotatable bonds is 6. The topological polar surface area (TPSA) is 38.5 Å². The molecule has 3 heteroatoms. The van der Waals surface area contributed by atoms with E-state index in [4.69, 9.17) is 10.5 Å². The molecule has 1 heterocycles. The van der Waals surface area contributed by atoms with E-state index in [9.17, 15) is 0 Å². The summed E-state index contributed by atoms with van der Waals surface area (Å²) in [6.45, 7) is 4.10. The second-order valence-electron chi connectivity index (χ2n) is 4.86. The van der Waals surface area contributed by atoms with E-state index in [1.807, 2.05) is 0 Å². The van der Waals surface area contributed by atoms with Gasteiger partial charge in [-0.05, 0) is 45.2 Å². The van der Waals surface area contributed by atoms with Crippen LogP contribution in [0.2, 0.25) is 0 Å². The Morgan fingerprint density at radius 1 is 1.20 bits per heavy atom. The zero-order valence-electron chi connectivity index (χ0n) is 9.66. The summed E-state index contributed by atoms with van der Waals surface area (Å²) in [5, 5.41) is 0. The highest BCUT2D eigenvalue weighted by Gasteiger charge is 2.27. The predicted octanol–water partition coefficient (Wildman–Crippen LogP) is 1.37. The van der Waals surface area contributed by atoms with Gasteiger partial charge in [0.05, 0.1) is 6.10 Å². The molecule has 1 aliphatic heterocycles. The minimum Gasteiger partial charge on any atom is -0.377 e. The molecule has 1 atom stereocenters. The molecule has 1 aliphatic carbocycles. The van der Waals surface area contributed by atoms with Crippen molar-refractivity contribution < 1.29 is 4.74 Å². The lowest BCUT2D eigenvalue weighted by Gasteiger charge is -2.38. The van der Waals surface area contributed by atoms with Crippen molar-refractivity contribution in [3.63, 3.8) is 0 Å². The number of nitrogens with two attached hydrogens (primary N) is 1. The molecule has 1 unspecified atom stereocenters. The first-order chi connectivity index (χ1) is 7.40. The summed E-state index contributed by atoms with van der Waals surface area (Å²) in [6.07, 6.45) is 8.32. The normalized spacial score (nSPS) is 27.2. The molecule has 2 N–H and O–H groups in total. The zero-order chi connectivity index (χ0) is 10.5. The Labute approximate surface area is 93.0 Å². The minimum absolute atomic E-state index is 0.503. The van der Waals surface area contributed by atoms with E-state index < -0.39 is 0 Å². The van der Waals surface area contributed by atoms with Crippen LogP contribution in [0.4, 0.5) is 0 Å². The quantitative estimate of drug-likeness (QED) is 0.722. The molecule has 2 fully saturated rings. The van der Waals surface area contributed by atoms with Gasteiger partial charge in [-0.1, -0.05) is 6.42 Å². The summed E-state index contributed by atoms with van der Waals surface area (Å²) in [6, 6.07) is 0.834. The predicted molar refractivity (Wildman–Crippen MR) is 61.9 cm³/mol. The molecule has 3 nitrogen and oxygen atoms in total. The fourth-order valence-electron chi connectivity index (χ4n) is 2.52. The molecule has 0 spiro atoms. The smallest absolute Gasteiger partial charge is 0.0702 e. The molecule has 0 aromatic carbocycles. The highest BCUT2D eigenvalue weighted by Crippen LogP contribution is 2.26. The maximum absolute atomic E-state index is 5.71. The molecule has 0 aromatic rings. The van der Waals surface area contributed by atoms with Crippen molar-refractivity contribution in [3.8, 4) is 0 Å². The molecular weight excluding hydrogens is 188 g/mol. The van der Waals surface area contributed by atoms with Crippen molar-refractivity contribution >= 4 is 0 Å². The molecule has 0 bridgehead atoms. The van der Waals surface area contributed by atoms with Crippen LogP contribution in [0.25, 0.3) is 0 Å². The monoisotopic (exact) mass is 212 g/mol. The van der Waals surface area contributed by atoms with Crippen LogP contribution in [-0.2, 0) is 4.74 Å². The SMILES string of the molecule is NCCCN(CC1CCCO1)C1CCC1. The zero-order valence-corrected chi connectivity index (χ0v) is 9.66. The fourth-order valence-corrected chi connectivity index (χ4v) is 2.52. The van der Waals surface area contributed by atoms with Crippen LogP contribution in [0.1, 0.15) is 38.5 Å². The van der Waals surface area contributed by atoms with Crippen molar-refractivity contribution in [1.82, 2.24) is 4.90 Å². The van der Waals surface area contributed by atoms with Gasteiger partial charge in [0.15, 0.2) is 0 Å². The molecule has 0 radical (unpaired) electrons. The largest absolute Gasteiger partial charge is 0.377 e. The van der Waals surface area contributed by atoms with Gasteiger partial charge < -0.3 is 10.5 Å². The average molecular weight is 212 g/mol. The standard InChI is InChI=1S/C12H24N2O/c13-7-3-8-14(11-4-1-5-11)10-12-6-2-9-15-12/h11-12H,1-10,13H2. The molecule has 0 aromatic heterocycles. The van der Waals surface area contributed by atoms with Gasteiger partial charge in [0.1, 0.15) is 0 Å². The highest BCUT2D eigenvalue weighted by molar-refractivity contribution is 4.82. The number of hydrogen-bond acceptors (Lipinski definition) is 3. The highest BCUT2D eigenvalue weighted by atomic mass is 16.5. The first-order valence-electron chi connectivity index (χ1n) is 6.46. The second kappa shape index (κ2) is 5.83. The lowest BCUT2D eigenvalue weighted by molar-refractivity contribution is 0.0381. The van der Waals surface area contributed by atoms with Crippen LogP contribution in [0.15, 0.2) is 0 Å². The number of hydrogen-bond donors (Lipinski definition) is 1. The molecule has 1 saturated carbocycles. The Morgan fingerprint density at radius 3 is 2.60 bits per heavy atom. The van der Waals surface area contributed by atoms with Crippen LogP contribution in [-0.4, -0.2) is 43.3 Å². The Kier molecular flexibility index (Phi) is 4.42. The fraction of sp³-hybridized carbons (Fsp3) is 1.00. The van der Waals surface area contributed by atoms with E-state index in [1.54, 1.807) is 0 Å². The summed E-state index contributed by atoms with van der Waals surface area (Å²) in [4.78, 5) is 2.62. The Bertz CT molecular complexity index is 176. The Hall–Kier alpha value is -0.120. The minimum atomic E-state index is 0.503. The maximum Gasteiger partial charge on any atom is 0.0702 e. The van der Waals surface area contributed by atoms with Gasteiger partial charge >= 0.3 is 0 Å². The molecule has 88 valence electrons. The van der Waals surface area contributed by atoms with Gasteiger partial charge in [-0.15, -0.1) is 0 Å². The molecule has 1 saturated heterocycles. The third-order valence-corrected chi connectivity index (χ3v) is 3.70. The maximum atomic E-state index is 5.71. The second-order valence-corrected chi connectivity index (χ2v) is 4.86. The van der Waals surface area contributed by atoms with Crippen molar-refractivity contribution in [2.45, 2.75) is 50.7 Å². The van der Waals surface area contributed by atoms with Gasteiger partial charge in [0.25, 0.3) is 0 Å². The first-order valence-corrected chi connectivity index (χ1v) is 6.46. The van der Waals surface area contributed by atoms with E-state index in [0.29, 0.717) is 6.10 Å². The number of nitrogens with zero attached hydrogens (tertiary/aromatic N) is 1. The van der Waals surface area contributed by atoms with Crippen LogP contribution >= 0.6 is 0 Å². The van der Waals surface area contributed by atoms with E-state index in [1.165, 1.54) is 38.6 Å². The first kappa shape index (κ1) is 11.4. The van der Waals surface area contributed by atoms with Crippen LogP contribution in [0.5, 0.6) is 0 Å². The van der Waals surface area contributed by atoms with Gasteiger partial charge in [-0.3, -0.25) is 4.90 Å². The van der Waals surface area contributed by atoms with E-state index >= 15 is 0 Å². The summed E-state index contributed by atoms with van der Waals surface area (Å²) < 4.78 is 5.71. The van der Waals surface area contributed by atoms with Crippen molar-refractivity contribution in [2.75, 3.05) is 26.2 Å². The molecule has 15 heavy (non-hydrogen) atoms. The van der Waals surface area contributed by atoms with E-state index in [0.717, 1.165) is 32.2 Å². The lowest BCUT2D eigenvalue weighted by Crippen LogP contribution is -2.44. The summed E-state index contributed by atoms with van der Waals surface area (Å²) in [5.41, 5.74) is 5.59. The lowest BCUT2D eigenvalue weighted by atomic mass is 9.91. The summed E-state index contributed by atoms with van der Waals surface area (Å²) >= 11 is 0. The molecule has 2 rings (SSSR count). The third kappa shape index (κ3) is 3.16. The molecule has 2 aliphatic rings. The number of ether oxygens (including phenoxy) is 1.